The van der Waals surface area contributed by atoms with Crippen molar-refractivity contribution in [2.24, 2.45) is 5.92 Å². The molecule has 2 saturated heterocycles. The summed E-state index contributed by atoms with van der Waals surface area (Å²) in [4.78, 5) is 14.6. The van der Waals surface area contributed by atoms with Crippen LogP contribution in [0.15, 0.2) is 18.2 Å². The third-order valence-corrected chi connectivity index (χ3v) is 5.41. The minimum Gasteiger partial charge on any atom is -0.380 e. The summed E-state index contributed by atoms with van der Waals surface area (Å²) in [6.07, 6.45) is 3.28. The second kappa shape index (κ2) is 8.28. The maximum Gasteiger partial charge on any atom is 0.224 e. The molecule has 2 heterocycles. The molecule has 24 heavy (non-hydrogen) atoms. The van der Waals surface area contributed by atoms with Crippen LogP contribution in [-0.2, 0) is 16.0 Å². The van der Waals surface area contributed by atoms with Crippen LogP contribution in [0, 0.1) is 11.7 Å². The van der Waals surface area contributed by atoms with Gasteiger partial charge in [0, 0.05) is 29.8 Å². The van der Waals surface area contributed by atoms with Crippen LogP contribution in [0.5, 0.6) is 0 Å². The smallest absolute Gasteiger partial charge is 0.224 e. The second-order valence-corrected chi connectivity index (χ2v) is 7.09. The van der Waals surface area contributed by atoms with Crippen molar-refractivity contribution in [2.75, 3.05) is 32.8 Å². The number of nitrogens with zero attached hydrogens (tertiary/aromatic N) is 1. The lowest BCUT2D eigenvalue weighted by Crippen LogP contribution is -2.44. The van der Waals surface area contributed by atoms with E-state index in [2.05, 4.69) is 10.2 Å². The Morgan fingerprint density at radius 2 is 2.12 bits per heavy atom. The molecule has 0 radical (unpaired) electrons. The van der Waals surface area contributed by atoms with Gasteiger partial charge >= 0.3 is 0 Å². The van der Waals surface area contributed by atoms with E-state index in [1.165, 1.54) is 6.07 Å². The molecule has 2 fully saturated rings. The number of carbonyl (C=O) groups is 1. The third-order valence-electron chi connectivity index (χ3n) is 5.06. The van der Waals surface area contributed by atoms with E-state index in [1.807, 2.05) is 0 Å². The lowest BCUT2D eigenvalue weighted by atomic mass is 9.95. The van der Waals surface area contributed by atoms with Gasteiger partial charge in [-0.05, 0) is 50.4 Å². The lowest BCUT2D eigenvalue weighted by Gasteiger charge is -2.35. The first kappa shape index (κ1) is 17.6. The topological polar surface area (TPSA) is 41.6 Å². The predicted molar refractivity (Wildman–Crippen MR) is 91.6 cm³/mol. The highest BCUT2D eigenvalue weighted by molar-refractivity contribution is 6.31. The summed E-state index contributed by atoms with van der Waals surface area (Å²) in [5, 5.41) is 3.24. The van der Waals surface area contributed by atoms with Gasteiger partial charge in [0.15, 0.2) is 0 Å². The highest BCUT2D eigenvalue weighted by Crippen LogP contribution is 2.22. The van der Waals surface area contributed by atoms with Gasteiger partial charge in [0.05, 0.1) is 13.0 Å². The SMILES string of the molecule is O=C(Cc1c(F)cccc1Cl)NCC1CCN([C@@H]2CCOC2)CC1. The summed E-state index contributed by atoms with van der Waals surface area (Å²) in [7, 11) is 0. The van der Waals surface area contributed by atoms with Crippen LogP contribution in [0.1, 0.15) is 24.8 Å². The summed E-state index contributed by atoms with van der Waals surface area (Å²) in [5.41, 5.74) is 0.271. The third kappa shape index (κ3) is 4.47. The molecular formula is C18H24ClFN2O2. The first-order chi connectivity index (χ1) is 11.6. The highest BCUT2D eigenvalue weighted by atomic mass is 35.5. The largest absolute Gasteiger partial charge is 0.380 e. The number of halogens is 2. The van der Waals surface area contributed by atoms with E-state index in [0.29, 0.717) is 23.5 Å². The Morgan fingerprint density at radius 1 is 1.33 bits per heavy atom. The summed E-state index contributed by atoms with van der Waals surface area (Å²) in [5.74, 6) is -0.109. The normalized spacial score (nSPS) is 22.7. The van der Waals surface area contributed by atoms with Gasteiger partial charge in [-0.15, -0.1) is 0 Å². The molecule has 0 bridgehead atoms. The number of benzene rings is 1. The zero-order chi connectivity index (χ0) is 16.9. The number of piperidine rings is 1. The summed E-state index contributed by atoms with van der Waals surface area (Å²) < 4.78 is 19.2. The number of hydrogen-bond acceptors (Lipinski definition) is 3. The molecular weight excluding hydrogens is 331 g/mol. The van der Waals surface area contributed by atoms with Gasteiger partial charge in [0.25, 0.3) is 0 Å². The minimum absolute atomic E-state index is 0.0102. The van der Waals surface area contributed by atoms with Gasteiger partial charge in [-0.2, -0.15) is 0 Å². The van der Waals surface area contributed by atoms with Crippen LogP contribution < -0.4 is 5.32 Å². The summed E-state index contributed by atoms with van der Waals surface area (Å²) >= 11 is 5.96. The first-order valence-corrected chi connectivity index (χ1v) is 9.02. The van der Waals surface area contributed by atoms with Crippen LogP contribution in [0.4, 0.5) is 4.39 Å². The summed E-state index contributed by atoms with van der Waals surface area (Å²) in [6, 6.07) is 5.05. The number of carbonyl (C=O) groups excluding carboxylic acids is 1. The molecule has 0 saturated carbocycles. The Kier molecular flexibility index (Phi) is 6.09. The van der Waals surface area contributed by atoms with Crippen molar-refractivity contribution in [2.45, 2.75) is 31.7 Å². The lowest BCUT2D eigenvalue weighted by molar-refractivity contribution is -0.120. The zero-order valence-corrected chi connectivity index (χ0v) is 14.5. The fraction of sp³-hybridized carbons (Fsp3) is 0.611. The van der Waals surface area contributed by atoms with Gasteiger partial charge in [-0.25, -0.2) is 4.39 Å². The van der Waals surface area contributed by atoms with Crippen LogP contribution in [0.3, 0.4) is 0 Å². The van der Waals surface area contributed by atoms with Crippen molar-refractivity contribution in [3.05, 3.63) is 34.6 Å². The molecule has 3 rings (SSSR count). The fourth-order valence-electron chi connectivity index (χ4n) is 3.51. The molecule has 1 aromatic rings. The average Bonchev–Trinajstić information content (AvgIpc) is 3.11. The first-order valence-electron chi connectivity index (χ1n) is 8.65. The number of nitrogens with one attached hydrogen (secondary N) is 1. The van der Waals surface area contributed by atoms with E-state index in [-0.39, 0.29) is 17.9 Å². The van der Waals surface area contributed by atoms with Crippen LogP contribution in [0.2, 0.25) is 5.02 Å². The number of hydrogen-bond donors (Lipinski definition) is 1. The van der Waals surface area contributed by atoms with E-state index in [1.54, 1.807) is 12.1 Å². The summed E-state index contributed by atoms with van der Waals surface area (Å²) in [6.45, 7) is 4.51. The standard InChI is InChI=1S/C18H24ClFN2O2/c19-16-2-1-3-17(20)15(16)10-18(23)21-11-13-4-7-22(8-5-13)14-6-9-24-12-14/h1-3,13-14H,4-12H2,(H,21,23)/t14-/m1/s1. The van der Waals surface area contributed by atoms with Crippen LogP contribution >= 0.6 is 11.6 Å². The van der Waals surface area contributed by atoms with Crippen molar-refractivity contribution < 1.29 is 13.9 Å². The van der Waals surface area contributed by atoms with E-state index in [0.717, 1.165) is 45.6 Å². The minimum atomic E-state index is -0.426. The molecule has 6 heteroatoms. The average molecular weight is 355 g/mol. The maximum absolute atomic E-state index is 13.7. The monoisotopic (exact) mass is 354 g/mol. The molecule has 2 aliphatic rings. The van der Waals surface area contributed by atoms with Crippen LogP contribution in [0.25, 0.3) is 0 Å². The Hall–Kier alpha value is -1.17. The van der Waals surface area contributed by atoms with E-state index in [9.17, 15) is 9.18 Å². The number of amides is 1. The number of likely N-dealkylation sites (tertiary alicyclic amines) is 1. The Morgan fingerprint density at radius 3 is 2.79 bits per heavy atom. The Labute approximate surface area is 147 Å². The zero-order valence-electron chi connectivity index (χ0n) is 13.8. The van der Waals surface area contributed by atoms with Gasteiger partial charge in [-0.3, -0.25) is 9.69 Å². The van der Waals surface area contributed by atoms with Gasteiger partial charge in [0.1, 0.15) is 5.82 Å². The Bertz CT molecular complexity index is 550. The van der Waals surface area contributed by atoms with Gasteiger partial charge < -0.3 is 10.1 Å². The number of rotatable bonds is 5. The molecule has 4 nitrogen and oxygen atoms in total. The molecule has 1 amide bonds. The van der Waals surface area contributed by atoms with E-state index >= 15 is 0 Å². The molecule has 132 valence electrons. The van der Waals surface area contributed by atoms with Crippen LogP contribution in [-0.4, -0.2) is 49.7 Å². The molecule has 0 unspecified atom stereocenters. The molecule has 0 aromatic heterocycles. The van der Waals surface area contributed by atoms with Crippen molar-refractivity contribution in [1.82, 2.24) is 10.2 Å². The van der Waals surface area contributed by atoms with E-state index < -0.39 is 5.82 Å². The fourth-order valence-corrected chi connectivity index (χ4v) is 3.74. The highest BCUT2D eigenvalue weighted by Gasteiger charge is 2.27. The molecule has 2 aliphatic heterocycles. The van der Waals surface area contributed by atoms with Gasteiger partial charge in [0.2, 0.25) is 5.91 Å². The number of ether oxygens (including phenoxy) is 1. The molecule has 1 aromatic carbocycles. The molecule has 0 aliphatic carbocycles. The second-order valence-electron chi connectivity index (χ2n) is 6.68. The Balaban J connectivity index is 1.41. The van der Waals surface area contributed by atoms with E-state index in [4.69, 9.17) is 16.3 Å². The molecule has 0 spiro atoms. The molecule has 1 atom stereocenters. The van der Waals surface area contributed by atoms with Crippen molar-refractivity contribution >= 4 is 17.5 Å². The van der Waals surface area contributed by atoms with Crippen molar-refractivity contribution in [3.63, 3.8) is 0 Å². The molecule has 1 N–H and O–H groups in total. The van der Waals surface area contributed by atoms with Crippen molar-refractivity contribution in [3.8, 4) is 0 Å². The maximum atomic E-state index is 13.7. The quantitative estimate of drug-likeness (QED) is 0.883. The van der Waals surface area contributed by atoms with Crippen molar-refractivity contribution in [1.29, 1.82) is 0 Å². The predicted octanol–water partition coefficient (Wildman–Crippen LogP) is 2.64. The van der Waals surface area contributed by atoms with Gasteiger partial charge in [-0.1, -0.05) is 17.7 Å².